The van der Waals surface area contributed by atoms with Gasteiger partial charge in [0.25, 0.3) is 0 Å². The van der Waals surface area contributed by atoms with Crippen LogP contribution in [0.5, 0.6) is 0 Å². The maximum absolute atomic E-state index is 4.83. The van der Waals surface area contributed by atoms with Crippen molar-refractivity contribution in [1.29, 1.82) is 0 Å². The Kier molecular flexibility index (Phi) is 3.77. The molecule has 1 N–H and O–H groups in total. The lowest BCUT2D eigenvalue weighted by molar-refractivity contribution is 0.611. The number of aryl methyl sites for hydroxylation is 2. The molecule has 0 radical (unpaired) electrons. The highest BCUT2D eigenvalue weighted by Gasteiger charge is 2.20. The minimum absolute atomic E-state index is 0.969. The Labute approximate surface area is 108 Å². The number of hydrogen-bond acceptors (Lipinski definition) is 3. The van der Waals surface area contributed by atoms with Crippen LogP contribution in [0.4, 0.5) is 0 Å². The van der Waals surface area contributed by atoms with Crippen molar-refractivity contribution >= 4 is 11.3 Å². The van der Waals surface area contributed by atoms with Gasteiger partial charge in [-0.1, -0.05) is 12.8 Å². The Morgan fingerprint density at radius 2 is 1.94 bits per heavy atom. The second-order valence-electron chi connectivity index (χ2n) is 5.47. The normalized spacial score (nSPS) is 20.7. The molecule has 0 spiro atoms. The van der Waals surface area contributed by atoms with Crippen molar-refractivity contribution < 1.29 is 0 Å². The molecule has 3 rings (SSSR count). The number of rotatable bonds is 4. The lowest BCUT2D eigenvalue weighted by Crippen LogP contribution is -2.15. The summed E-state index contributed by atoms with van der Waals surface area (Å²) in [5.74, 6) is 0.969. The number of nitrogens with one attached hydrogen (secondary N) is 1. The Morgan fingerprint density at radius 1 is 1.12 bits per heavy atom. The minimum Gasteiger partial charge on any atom is -0.310 e. The largest absolute Gasteiger partial charge is 0.310 e. The Bertz CT molecular complexity index is 343. The summed E-state index contributed by atoms with van der Waals surface area (Å²) in [6, 6.07) is 0. The van der Waals surface area contributed by atoms with Crippen LogP contribution in [0.15, 0.2) is 0 Å². The van der Waals surface area contributed by atoms with E-state index in [9.17, 15) is 0 Å². The molecule has 2 aliphatic rings. The topological polar surface area (TPSA) is 24.9 Å². The Hall–Kier alpha value is -0.410. The van der Waals surface area contributed by atoms with Crippen LogP contribution < -0.4 is 5.32 Å². The molecule has 1 heterocycles. The van der Waals surface area contributed by atoms with Gasteiger partial charge < -0.3 is 5.32 Å². The van der Waals surface area contributed by atoms with E-state index >= 15 is 0 Å². The fraction of sp³-hybridized carbons (Fsp3) is 0.786. The molecule has 0 unspecified atom stereocenters. The average Bonchev–Trinajstić information content (AvgIpc) is 3.04. The predicted molar refractivity (Wildman–Crippen MR) is 72.4 cm³/mol. The standard InChI is InChI=1S/C14H22N2S/c1-2-4-6-13-12(5-3-1)16-14(17-13)10-15-9-11-7-8-11/h11,15H,1-10H2. The van der Waals surface area contributed by atoms with E-state index in [2.05, 4.69) is 5.32 Å². The van der Waals surface area contributed by atoms with Gasteiger partial charge in [0, 0.05) is 11.4 Å². The minimum atomic E-state index is 0.969. The zero-order chi connectivity index (χ0) is 11.5. The molecule has 0 amide bonds. The third-order valence-corrected chi connectivity index (χ3v) is 4.95. The van der Waals surface area contributed by atoms with Crippen LogP contribution in [-0.4, -0.2) is 11.5 Å². The summed E-state index contributed by atoms with van der Waals surface area (Å²) in [7, 11) is 0. The number of fused-ring (bicyclic) bond motifs is 1. The second-order valence-corrected chi connectivity index (χ2v) is 6.63. The fourth-order valence-corrected chi connectivity index (χ4v) is 3.67. The molecular formula is C14H22N2S. The van der Waals surface area contributed by atoms with Crippen molar-refractivity contribution in [3.8, 4) is 0 Å². The first-order chi connectivity index (χ1) is 8.42. The third kappa shape index (κ3) is 3.29. The first-order valence-corrected chi connectivity index (χ1v) is 7.91. The van der Waals surface area contributed by atoms with Gasteiger partial charge in [0.05, 0.1) is 5.69 Å². The SMILES string of the molecule is C1CCCc2sc(CNCC3CC3)nc2CC1. The van der Waals surface area contributed by atoms with Crippen LogP contribution in [0.1, 0.15) is 54.1 Å². The summed E-state index contributed by atoms with van der Waals surface area (Å²) in [6.07, 6.45) is 10.9. The van der Waals surface area contributed by atoms with Crippen LogP contribution in [0.25, 0.3) is 0 Å². The monoisotopic (exact) mass is 250 g/mol. The van der Waals surface area contributed by atoms with Gasteiger partial charge in [0.2, 0.25) is 0 Å². The number of thiazole rings is 1. The van der Waals surface area contributed by atoms with Gasteiger partial charge in [0.1, 0.15) is 5.01 Å². The lowest BCUT2D eigenvalue weighted by Gasteiger charge is -2.06. The highest BCUT2D eigenvalue weighted by Crippen LogP contribution is 2.28. The molecule has 1 fully saturated rings. The van der Waals surface area contributed by atoms with E-state index in [0.29, 0.717) is 0 Å². The molecule has 0 bridgehead atoms. The molecule has 1 aromatic heterocycles. The van der Waals surface area contributed by atoms with Gasteiger partial charge in [0.15, 0.2) is 0 Å². The molecule has 0 atom stereocenters. The van der Waals surface area contributed by atoms with Crippen LogP contribution in [-0.2, 0) is 19.4 Å². The van der Waals surface area contributed by atoms with Crippen molar-refractivity contribution in [2.24, 2.45) is 5.92 Å². The molecule has 17 heavy (non-hydrogen) atoms. The van der Waals surface area contributed by atoms with Gasteiger partial charge in [-0.3, -0.25) is 0 Å². The second kappa shape index (κ2) is 5.49. The smallest absolute Gasteiger partial charge is 0.107 e. The number of aromatic nitrogens is 1. The van der Waals surface area contributed by atoms with Crippen LogP contribution in [0, 0.1) is 5.92 Å². The average molecular weight is 250 g/mol. The van der Waals surface area contributed by atoms with E-state index in [-0.39, 0.29) is 0 Å². The van der Waals surface area contributed by atoms with Crippen LogP contribution in [0.3, 0.4) is 0 Å². The van der Waals surface area contributed by atoms with E-state index in [1.165, 1.54) is 68.6 Å². The summed E-state index contributed by atoms with van der Waals surface area (Å²) >= 11 is 1.96. The first kappa shape index (κ1) is 11.7. The van der Waals surface area contributed by atoms with Crippen LogP contribution >= 0.6 is 11.3 Å². The molecular weight excluding hydrogens is 228 g/mol. The first-order valence-electron chi connectivity index (χ1n) is 7.10. The molecule has 0 saturated heterocycles. The summed E-state index contributed by atoms with van der Waals surface area (Å²) in [5, 5.41) is 4.87. The zero-order valence-electron chi connectivity index (χ0n) is 10.5. The van der Waals surface area contributed by atoms with Gasteiger partial charge in [-0.15, -0.1) is 11.3 Å². The maximum atomic E-state index is 4.83. The van der Waals surface area contributed by atoms with Crippen molar-refractivity contribution in [3.05, 3.63) is 15.6 Å². The van der Waals surface area contributed by atoms with Gasteiger partial charge in [-0.25, -0.2) is 4.98 Å². The van der Waals surface area contributed by atoms with E-state index in [0.717, 1.165) is 12.5 Å². The van der Waals surface area contributed by atoms with E-state index in [1.54, 1.807) is 4.88 Å². The van der Waals surface area contributed by atoms with Crippen LogP contribution in [0.2, 0.25) is 0 Å². The molecule has 1 aromatic rings. The Balaban J connectivity index is 1.58. The summed E-state index contributed by atoms with van der Waals surface area (Å²) in [4.78, 5) is 6.40. The summed E-state index contributed by atoms with van der Waals surface area (Å²) in [6.45, 7) is 2.19. The quantitative estimate of drug-likeness (QED) is 0.887. The van der Waals surface area contributed by atoms with Gasteiger partial charge >= 0.3 is 0 Å². The molecule has 0 aromatic carbocycles. The van der Waals surface area contributed by atoms with Crippen molar-refractivity contribution in [2.75, 3.05) is 6.54 Å². The molecule has 2 aliphatic carbocycles. The highest BCUT2D eigenvalue weighted by molar-refractivity contribution is 7.11. The number of nitrogens with zero attached hydrogens (tertiary/aromatic N) is 1. The van der Waals surface area contributed by atoms with E-state index in [1.807, 2.05) is 11.3 Å². The van der Waals surface area contributed by atoms with Gasteiger partial charge in [-0.2, -0.15) is 0 Å². The molecule has 2 nitrogen and oxygen atoms in total. The van der Waals surface area contributed by atoms with Crippen molar-refractivity contribution in [1.82, 2.24) is 10.3 Å². The predicted octanol–water partition coefficient (Wildman–Crippen LogP) is 3.30. The summed E-state index contributed by atoms with van der Waals surface area (Å²) in [5.41, 5.74) is 1.41. The third-order valence-electron chi connectivity index (χ3n) is 3.80. The van der Waals surface area contributed by atoms with E-state index in [4.69, 9.17) is 4.98 Å². The lowest BCUT2D eigenvalue weighted by atomic mass is 10.0. The Morgan fingerprint density at radius 3 is 2.76 bits per heavy atom. The van der Waals surface area contributed by atoms with Crippen molar-refractivity contribution in [3.63, 3.8) is 0 Å². The molecule has 94 valence electrons. The zero-order valence-corrected chi connectivity index (χ0v) is 11.3. The number of hydrogen-bond donors (Lipinski definition) is 1. The van der Waals surface area contributed by atoms with Crippen molar-refractivity contribution in [2.45, 2.75) is 57.9 Å². The molecule has 0 aliphatic heterocycles. The summed E-state index contributed by atoms with van der Waals surface area (Å²) < 4.78 is 0. The van der Waals surface area contributed by atoms with E-state index < -0.39 is 0 Å². The van der Waals surface area contributed by atoms with Gasteiger partial charge in [-0.05, 0) is 51.0 Å². The maximum Gasteiger partial charge on any atom is 0.107 e. The molecule has 1 saturated carbocycles. The fourth-order valence-electron chi connectivity index (χ4n) is 2.54. The molecule has 3 heteroatoms. The highest BCUT2D eigenvalue weighted by atomic mass is 32.1.